The lowest BCUT2D eigenvalue weighted by molar-refractivity contribution is 1.70. The second-order valence-corrected chi connectivity index (χ2v) is 30.5. The molecule has 0 fully saturated rings. The van der Waals surface area contributed by atoms with Gasteiger partial charge >= 0.3 is 0 Å². The van der Waals surface area contributed by atoms with Crippen molar-refractivity contribution < 1.29 is 0 Å². The van der Waals surface area contributed by atoms with E-state index >= 15 is 0 Å². The van der Waals surface area contributed by atoms with Crippen LogP contribution in [0.5, 0.6) is 0 Å². The molecule has 3 aromatic carbocycles. The van der Waals surface area contributed by atoms with Crippen molar-refractivity contribution >= 4 is 39.3 Å². The van der Waals surface area contributed by atoms with Gasteiger partial charge in [0.15, 0.2) is 0 Å². The molecule has 0 amide bonds. The summed E-state index contributed by atoms with van der Waals surface area (Å²) in [4.78, 5) is 0. The Bertz CT molecular complexity index is 666. The molecule has 122 valence electrons. The second kappa shape index (κ2) is 7.05. The van der Waals surface area contributed by atoms with Crippen LogP contribution in [0.25, 0.3) is 0 Å². The second-order valence-electron chi connectivity index (χ2n) is 7.74. The first-order valence-corrected chi connectivity index (χ1v) is 18.8. The van der Waals surface area contributed by atoms with E-state index in [-0.39, 0.29) is 8.55 Å². The van der Waals surface area contributed by atoms with E-state index in [2.05, 4.69) is 111 Å². The smallest absolute Gasteiger partial charge is 0.0721 e. The average Bonchev–Trinajstić information content (AvgIpc) is 2.61. The molecule has 0 unspecified atom stereocenters. The number of hydrogen-bond donors (Lipinski definition) is 0. The summed E-state index contributed by atoms with van der Waals surface area (Å²) in [7, 11) is -3.26. The van der Waals surface area contributed by atoms with E-state index in [0.29, 0.717) is 0 Å². The first kappa shape index (κ1) is 17.1. The third-order valence-corrected chi connectivity index (χ3v) is 32.9. The van der Waals surface area contributed by atoms with Crippen LogP contribution in [0.2, 0.25) is 19.6 Å². The van der Waals surface area contributed by atoms with E-state index < -0.39 is 15.2 Å². The van der Waals surface area contributed by atoms with E-state index in [1.807, 2.05) is 0 Å². The minimum Gasteiger partial charge on any atom is -0.0721 e. The highest BCUT2D eigenvalue weighted by atomic mass is 29.6. The van der Waals surface area contributed by atoms with Gasteiger partial charge in [-0.25, -0.2) is 0 Å². The Morgan fingerprint density at radius 3 is 1.04 bits per heavy atom. The summed E-state index contributed by atoms with van der Waals surface area (Å²) in [5, 5.41) is 4.78. The normalized spacial score (nSPS) is 12.6. The fourth-order valence-corrected chi connectivity index (χ4v) is 37.8. The lowest BCUT2D eigenvalue weighted by Gasteiger charge is -2.37. The van der Waals surface area contributed by atoms with Gasteiger partial charge in [0.1, 0.15) is 7.59 Å². The Hall–Kier alpha value is -1.69. The van der Waals surface area contributed by atoms with Gasteiger partial charge in [-0.1, -0.05) is 126 Å². The van der Waals surface area contributed by atoms with Crippen molar-refractivity contribution in [2.45, 2.75) is 19.6 Å². The summed E-state index contributed by atoms with van der Waals surface area (Å²) < 4.78 is 0. The standard InChI is InChI=1S/C21H26Si3/c1-23(2,3)22-24(19-13-7-4-8-14-19,20-15-9-5-10-16-20)21-17-11-6-12-18-21/h4-18H,22H2,1-3H3. The fraction of sp³-hybridized carbons (Fsp3) is 0.143. The SMILES string of the molecule is C[Si](C)(C)[SiH2][Si](c1ccccc1)(c1ccccc1)c1ccccc1. The molecule has 3 aromatic rings. The fourth-order valence-electron chi connectivity index (χ4n) is 3.77. The highest BCUT2D eigenvalue weighted by Crippen LogP contribution is 2.12. The minimum absolute atomic E-state index is 0.260. The van der Waals surface area contributed by atoms with Crippen LogP contribution in [0, 0.1) is 0 Å². The molecule has 0 spiro atoms. The molecule has 0 aliphatic carbocycles. The summed E-state index contributed by atoms with van der Waals surface area (Å²) in [6.07, 6.45) is 0. The van der Waals surface area contributed by atoms with E-state index in [9.17, 15) is 0 Å². The molecule has 0 saturated heterocycles. The maximum absolute atomic E-state index is 2.57. The summed E-state index contributed by atoms with van der Waals surface area (Å²) >= 11 is 0. The van der Waals surface area contributed by atoms with Gasteiger partial charge in [0.2, 0.25) is 0 Å². The largest absolute Gasteiger partial charge is 0.130 e. The third-order valence-electron chi connectivity index (χ3n) is 4.60. The zero-order valence-electron chi connectivity index (χ0n) is 14.9. The number of hydrogen-bond acceptors (Lipinski definition) is 0. The van der Waals surface area contributed by atoms with Gasteiger partial charge in [-0.2, -0.15) is 0 Å². The molecule has 0 aliphatic heterocycles. The van der Waals surface area contributed by atoms with Crippen molar-refractivity contribution in [1.82, 2.24) is 0 Å². The monoisotopic (exact) mass is 362 g/mol. The molecule has 24 heavy (non-hydrogen) atoms. The van der Waals surface area contributed by atoms with Crippen molar-refractivity contribution in [3.63, 3.8) is 0 Å². The predicted molar refractivity (Wildman–Crippen MR) is 116 cm³/mol. The Morgan fingerprint density at radius 1 is 0.500 bits per heavy atom. The highest BCUT2D eigenvalue weighted by Gasteiger charge is 2.42. The van der Waals surface area contributed by atoms with Crippen molar-refractivity contribution in [3.8, 4) is 0 Å². The number of benzene rings is 3. The van der Waals surface area contributed by atoms with Gasteiger partial charge in [-0.05, 0) is 0 Å². The Morgan fingerprint density at radius 2 is 0.792 bits per heavy atom. The molecule has 0 radical (unpaired) electrons. The molecule has 0 N–H and O–H groups in total. The van der Waals surface area contributed by atoms with Crippen LogP contribution in [0.3, 0.4) is 0 Å². The molecule has 3 heteroatoms. The van der Waals surface area contributed by atoms with E-state index in [1.165, 1.54) is 0 Å². The summed E-state index contributed by atoms with van der Waals surface area (Å²) in [5.41, 5.74) is 0. The Balaban J connectivity index is 2.33. The summed E-state index contributed by atoms with van der Waals surface area (Å²) in [6.45, 7) is 7.70. The van der Waals surface area contributed by atoms with Crippen molar-refractivity contribution in [1.29, 1.82) is 0 Å². The van der Waals surface area contributed by atoms with E-state index in [0.717, 1.165) is 0 Å². The Kier molecular flexibility index (Phi) is 5.04. The van der Waals surface area contributed by atoms with Crippen LogP contribution in [-0.2, 0) is 0 Å². The maximum atomic E-state index is 2.57. The third kappa shape index (κ3) is 3.53. The first-order valence-electron chi connectivity index (χ1n) is 8.69. The van der Waals surface area contributed by atoms with Gasteiger partial charge in [0, 0.05) is 16.1 Å². The lowest BCUT2D eigenvalue weighted by atomic mass is 10.3. The zero-order chi connectivity index (χ0) is 17.0. The Labute approximate surface area is 150 Å². The van der Waals surface area contributed by atoms with Crippen molar-refractivity contribution in [2.75, 3.05) is 0 Å². The van der Waals surface area contributed by atoms with Crippen LogP contribution in [0.4, 0.5) is 0 Å². The van der Waals surface area contributed by atoms with Gasteiger partial charge < -0.3 is 0 Å². The molecular formula is C21H26Si3. The molecule has 3 rings (SSSR count). The minimum atomic E-state index is -1.86. The quantitative estimate of drug-likeness (QED) is 0.483. The molecule has 0 atom stereocenters. The average molecular weight is 363 g/mol. The van der Waals surface area contributed by atoms with Crippen LogP contribution < -0.4 is 15.6 Å². The predicted octanol–water partition coefficient (Wildman–Crippen LogP) is 2.66. The zero-order valence-corrected chi connectivity index (χ0v) is 18.3. The van der Waals surface area contributed by atoms with Crippen LogP contribution >= 0.6 is 0 Å². The molecule has 0 aromatic heterocycles. The molecule has 0 aliphatic rings. The number of rotatable bonds is 5. The molecule has 0 nitrogen and oxygen atoms in total. The molecular weight excluding hydrogens is 336 g/mol. The van der Waals surface area contributed by atoms with Gasteiger partial charge in [0.25, 0.3) is 0 Å². The van der Waals surface area contributed by atoms with E-state index in [1.54, 1.807) is 15.6 Å². The van der Waals surface area contributed by atoms with Crippen LogP contribution in [0.15, 0.2) is 91.0 Å². The molecule has 0 saturated carbocycles. The lowest BCUT2D eigenvalue weighted by Crippen LogP contribution is -2.75. The van der Waals surface area contributed by atoms with Gasteiger partial charge in [-0.3, -0.25) is 0 Å². The van der Waals surface area contributed by atoms with Crippen LogP contribution in [0.1, 0.15) is 0 Å². The highest BCUT2D eigenvalue weighted by molar-refractivity contribution is 7.62. The molecule has 0 bridgehead atoms. The van der Waals surface area contributed by atoms with Gasteiger partial charge in [0.05, 0.1) is 0 Å². The van der Waals surface area contributed by atoms with Gasteiger partial charge in [-0.15, -0.1) is 0 Å². The first-order chi connectivity index (χ1) is 11.5. The maximum Gasteiger partial charge on any atom is 0.130 e. The topological polar surface area (TPSA) is 0 Å². The van der Waals surface area contributed by atoms with Crippen molar-refractivity contribution in [2.24, 2.45) is 0 Å². The summed E-state index contributed by atoms with van der Waals surface area (Å²) in [5.74, 6) is 0. The summed E-state index contributed by atoms with van der Waals surface area (Å²) in [6, 6.07) is 34.1. The molecule has 0 heterocycles. The van der Waals surface area contributed by atoms with Crippen molar-refractivity contribution in [3.05, 3.63) is 91.0 Å². The van der Waals surface area contributed by atoms with E-state index in [4.69, 9.17) is 0 Å². The van der Waals surface area contributed by atoms with Crippen LogP contribution in [-0.4, -0.2) is 23.7 Å².